The number of hydrogen-bond donors (Lipinski definition) is 1. The first-order chi connectivity index (χ1) is 9.36. The predicted molar refractivity (Wildman–Crippen MR) is 67.1 cm³/mol. The van der Waals surface area contributed by atoms with E-state index in [1.807, 2.05) is 0 Å². The number of hydrogen-bond acceptors (Lipinski definition) is 3. The minimum Gasteiger partial charge on any atom is -0.477 e. The Labute approximate surface area is 113 Å². The van der Waals surface area contributed by atoms with E-state index in [2.05, 4.69) is 4.98 Å². The number of rotatable bonds is 3. The average Bonchev–Trinajstić information content (AvgIpc) is 2.25. The summed E-state index contributed by atoms with van der Waals surface area (Å²) >= 11 is 0. The zero-order valence-corrected chi connectivity index (χ0v) is 10.8. The molecule has 1 heterocycles. The highest BCUT2D eigenvalue weighted by atomic mass is 19.1. The highest BCUT2D eigenvalue weighted by molar-refractivity contribution is 5.92. The van der Waals surface area contributed by atoms with Crippen molar-refractivity contribution in [1.82, 2.24) is 4.98 Å². The molecule has 20 heavy (non-hydrogen) atoms. The number of carboxylic acid groups (broad SMARTS) is 1. The molecule has 1 aromatic carbocycles. The Morgan fingerprint density at radius 1 is 1.15 bits per heavy atom. The number of aromatic nitrogens is 1. The second kappa shape index (κ2) is 5.24. The first kappa shape index (κ1) is 13.9. The first-order valence-corrected chi connectivity index (χ1v) is 5.72. The molecule has 2 rings (SSSR count). The number of pyridine rings is 1. The summed E-state index contributed by atoms with van der Waals surface area (Å²) in [6.45, 7) is 3.26. The number of benzene rings is 1. The third-order valence-corrected chi connectivity index (χ3v) is 2.58. The summed E-state index contributed by atoms with van der Waals surface area (Å²) in [7, 11) is 0. The van der Waals surface area contributed by atoms with Gasteiger partial charge in [0.05, 0.1) is 0 Å². The van der Waals surface area contributed by atoms with Gasteiger partial charge in [-0.25, -0.2) is 18.6 Å². The number of carboxylic acids is 1. The SMILES string of the molecule is Cc1cc(C)c(C(=O)O)c(Oc2cc(F)cc(F)c2)n1. The van der Waals surface area contributed by atoms with Crippen molar-refractivity contribution in [2.45, 2.75) is 13.8 Å². The summed E-state index contributed by atoms with van der Waals surface area (Å²) in [5, 5.41) is 9.16. The molecule has 0 radical (unpaired) electrons. The van der Waals surface area contributed by atoms with E-state index in [0.717, 1.165) is 12.1 Å². The molecule has 6 heteroatoms. The standard InChI is InChI=1S/C14H11F2NO3/c1-7-3-8(2)17-13(12(7)14(18)19)20-11-5-9(15)4-10(16)6-11/h3-6H,1-2H3,(H,18,19). The maximum atomic E-state index is 13.1. The van der Waals surface area contributed by atoms with Crippen molar-refractivity contribution in [3.05, 3.63) is 52.7 Å². The number of carbonyl (C=O) groups is 1. The molecule has 0 spiro atoms. The summed E-state index contributed by atoms with van der Waals surface area (Å²) in [6, 6.07) is 4.18. The number of aryl methyl sites for hydroxylation is 2. The van der Waals surface area contributed by atoms with Gasteiger partial charge >= 0.3 is 5.97 Å². The van der Waals surface area contributed by atoms with E-state index in [4.69, 9.17) is 9.84 Å². The van der Waals surface area contributed by atoms with Gasteiger partial charge in [0.1, 0.15) is 22.9 Å². The van der Waals surface area contributed by atoms with Crippen molar-refractivity contribution in [3.8, 4) is 11.6 Å². The van der Waals surface area contributed by atoms with Gasteiger partial charge in [0.2, 0.25) is 5.88 Å². The minimum absolute atomic E-state index is 0.139. The molecular weight excluding hydrogens is 268 g/mol. The lowest BCUT2D eigenvalue weighted by molar-refractivity contribution is 0.0692. The van der Waals surface area contributed by atoms with E-state index >= 15 is 0 Å². The monoisotopic (exact) mass is 279 g/mol. The van der Waals surface area contributed by atoms with E-state index in [1.54, 1.807) is 19.9 Å². The summed E-state index contributed by atoms with van der Waals surface area (Å²) < 4.78 is 31.4. The van der Waals surface area contributed by atoms with Crippen molar-refractivity contribution in [2.75, 3.05) is 0 Å². The predicted octanol–water partition coefficient (Wildman–Crippen LogP) is 3.47. The maximum Gasteiger partial charge on any atom is 0.341 e. The summed E-state index contributed by atoms with van der Waals surface area (Å²) in [5.74, 6) is -3.20. The van der Waals surface area contributed by atoms with E-state index in [9.17, 15) is 13.6 Å². The molecular formula is C14H11F2NO3. The molecule has 0 amide bonds. The number of aromatic carboxylic acids is 1. The Hall–Kier alpha value is -2.50. The third-order valence-electron chi connectivity index (χ3n) is 2.58. The molecule has 1 N–H and O–H groups in total. The van der Waals surface area contributed by atoms with Gasteiger partial charge in [-0.2, -0.15) is 0 Å². The van der Waals surface area contributed by atoms with Crippen LogP contribution in [0.1, 0.15) is 21.6 Å². The lowest BCUT2D eigenvalue weighted by Gasteiger charge is -2.11. The molecule has 1 aromatic heterocycles. The van der Waals surface area contributed by atoms with Gasteiger partial charge < -0.3 is 9.84 Å². The summed E-state index contributed by atoms with van der Waals surface area (Å²) in [5.41, 5.74) is 0.858. The van der Waals surface area contributed by atoms with Gasteiger partial charge in [-0.15, -0.1) is 0 Å². The molecule has 0 saturated carbocycles. The first-order valence-electron chi connectivity index (χ1n) is 5.72. The Kier molecular flexibility index (Phi) is 3.65. The van der Waals surface area contributed by atoms with Crippen LogP contribution >= 0.6 is 0 Å². The maximum absolute atomic E-state index is 13.1. The Morgan fingerprint density at radius 3 is 2.30 bits per heavy atom. The van der Waals surface area contributed by atoms with Crippen molar-refractivity contribution in [1.29, 1.82) is 0 Å². The van der Waals surface area contributed by atoms with Crippen LogP contribution in [0.3, 0.4) is 0 Å². The highest BCUT2D eigenvalue weighted by Crippen LogP contribution is 2.27. The van der Waals surface area contributed by atoms with Gasteiger partial charge in [-0.05, 0) is 25.5 Å². The molecule has 0 aliphatic carbocycles. The molecule has 0 bridgehead atoms. The summed E-state index contributed by atoms with van der Waals surface area (Å²) in [4.78, 5) is 15.2. The van der Waals surface area contributed by atoms with Crippen LogP contribution in [-0.4, -0.2) is 16.1 Å². The van der Waals surface area contributed by atoms with Crippen molar-refractivity contribution in [2.24, 2.45) is 0 Å². The normalized spacial score (nSPS) is 10.4. The second-order valence-electron chi connectivity index (χ2n) is 4.27. The minimum atomic E-state index is -1.22. The van der Waals surface area contributed by atoms with E-state index in [-0.39, 0.29) is 17.2 Å². The van der Waals surface area contributed by atoms with Crippen LogP contribution in [0.5, 0.6) is 11.6 Å². The molecule has 104 valence electrons. The van der Waals surface area contributed by atoms with Crippen LogP contribution in [0.4, 0.5) is 8.78 Å². The van der Waals surface area contributed by atoms with Crippen LogP contribution in [0, 0.1) is 25.5 Å². The summed E-state index contributed by atoms with van der Waals surface area (Å²) in [6.07, 6.45) is 0. The molecule has 0 unspecified atom stereocenters. The van der Waals surface area contributed by atoms with Crippen molar-refractivity contribution >= 4 is 5.97 Å². The van der Waals surface area contributed by atoms with E-state index in [0.29, 0.717) is 17.3 Å². The average molecular weight is 279 g/mol. The fourth-order valence-electron chi connectivity index (χ4n) is 1.84. The Morgan fingerprint density at radius 2 is 1.75 bits per heavy atom. The fraction of sp³-hybridized carbons (Fsp3) is 0.143. The van der Waals surface area contributed by atoms with Gasteiger partial charge in [-0.3, -0.25) is 0 Å². The smallest absolute Gasteiger partial charge is 0.341 e. The van der Waals surface area contributed by atoms with Crippen molar-refractivity contribution < 1.29 is 23.4 Å². The quantitative estimate of drug-likeness (QED) is 0.934. The van der Waals surface area contributed by atoms with Gasteiger partial charge in [0, 0.05) is 23.9 Å². The molecule has 0 aliphatic rings. The van der Waals surface area contributed by atoms with E-state index < -0.39 is 17.6 Å². The molecule has 2 aromatic rings. The largest absolute Gasteiger partial charge is 0.477 e. The molecule has 0 fully saturated rings. The molecule has 4 nitrogen and oxygen atoms in total. The Bertz CT molecular complexity index is 666. The topological polar surface area (TPSA) is 59.4 Å². The molecule has 0 saturated heterocycles. The van der Waals surface area contributed by atoms with Crippen LogP contribution in [0.25, 0.3) is 0 Å². The lowest BCUT2D eigenvalue weighted by Crippen LogP contribution is -2.06. The molecule has 0 atom stereocenters. The van der Waals surface area contributed by atoms with Gasteiger partial charge in [0.25, 0.3) is 0 Å². The second-order valence-corrected chi connectivity index (χ2v) is 4.27. The third kappa shape index (κ3) is 2.90. The highest BCUT2D eigenvalue weighted by Gasteiger charge is 2.18. The van der Waals surface area contributed by atoms with Crippen LogP contribution in [0.15, 0.2) is 24.3 Å². The number of halogens is 2. The van der Waals surface area contributed by atoms with Crippen LogP contribution in [0.2, 0.25) is 0 Å². The van der Waals surface area contributed by atoms with Crippen LogP contribution < -0.4 is 4.74 Å². The zero-order chi connectivity index (χ0) is 14.9. The molecule has 0 aliphatic heterocycles. The zero-order valence-electron chi connectivity index (χ0n) is 10.8. The van der Waals surface area contributed by atoms with E-state index in [1.165, 1.54) is 0 Å². The fourth-order valence-corrected chi connectivity index (χ4v) is 1.84. The van der Waals surface area contributed by atoms with Gasteiger partial charge in [0.15, 0.2) is 0 Å². The number of nitrogens with zero attached hydrogens (tertiary/aromatic N) is 1. The Balaban J connectivity index is 2.49. The van der Waals surface area contributed by atoms with Crippen LogP contribution in [-0.2, 0) is 0 Å². The lowest BCUT2D eigenvalue weighted by atomic mass is 10.1. The van der Waals surface area contributed by atoms with Crippen molar-refractivity contribution in [3.63, 3.8) is 0 Å². The van der Waals surface area contributed by atoms with Gasteiger partial charge in [-0.1, -0.05) is 0 Å². The number of ether oxygens (including phenoxy) is 1.